The maximum Gasteiger partial charge on any atom is 0.295 e. The van der Waals surface area contributed by atoms with Crippen LogP contribution < -0.4 is 5.32 Å². The molecule has 1 fully saturated rings. The van der Waals surface area contributed by atoms with Crippen molar-refractivity contribution >= 4 is 11.4 Å². The topological polar surface area (TPSA) is 55.2 Å². The lowest BCUT2D eigenvalue weighted by atomic mass is 10.1. The van der Waals surface area contributed by atoms with Gasteiger partial charge in [0.2, 0.25) is 0 Å². The highest BCUT2D eigenvalue weighted by molar-refractivity contribution is 5.62. The molecule has 2 unspecified atom stereocenters. The molecular formula is C12H15FN2O2. The van der Waals surface area contributed by atoms with Gasteiger partial charge in [0.1, 0.15) is 5.69 Å². The van der Waals surface area contributed by atoms with Crippen LogP contribution in [-0.2, 0) is 0 Å². The SMILES string of the molecule is CC1CCCC1Nc1c(F)cccc1[N+](=O)[O-]. The number of rotatable bonds is 3. The van der Waals surface area contributed by atoms with Gasteiger partial charge in [-0.15, -0.1) is 0 Å². The van der Waals surface area contributed by atoms with Crippen molar-refractivity contribution in [2.45, 2.75) is 32.2 Å². The Balaban J connectivity index is 2.27. The number of anilines is 1. The summed E-state index contributed by atoms with van der Waals surface area (Å²) in [7, 11) is 0. The fraction of sp³-hybridized carbons (Fsp3) is 0.500. The van der Waals surface area contributed by atoms with Crippen LogP contribution in [0.2, 0.25) is 0 Å². The van der Waals surface area contributed by atoms with Gasteiger partial charge < -0.3 is 5.32 Å². The van der Waals surface area contributed by atoms with E-state index in [4.69, 9.17) is 0 Å². The van der Waals surface area contributed by atoms with E-state index in [-0.39, 0.29) is 17.4 Å². The molecule has 2 rings (SSSR count). The minimum absolute atomic E-state index is 0.0243. The largest absolute Gasteiger partial charge is 0.374 e. The predicted molar refractivity (Wildman–Crippen MR) is 63.5 cm³/mol. The van der Waals surface area contributed by atoms with Gasteiger partial charge in [0, 0.05) is 12.1 Å². The van der Waals surface area contributed by atoms with Crippen LogP contribution in [0.3, 0.4) is 0 Å². The number of nitro groups is 1. The van der Waals surface area contributed by atoms with Gasteiger partial charge in [0.25, 0.3) is 5.69 Å². The average molecular weight is 238 g/mol. The van der Waals surface area contributed by atoms with Crippen molar-refractivity contribution in [3.8, 4) is 0 Å². The zero-order chi connectivity index (χ0) is 12.4. The molecule has 1 aromatic carbocycles. The molecule has 4 nitrogen and oxygen atoms in total. The first kappa shape index (κ1) is 11.8. The van der Waals surface area contributed by atoms with Crippen LogP contribution in [0.25, 0.3) is 0 Å². The van der Waals surface area contributed by atoms with Gasteiger partial charge in [-0.05, 0) is 24.8 Å². The van der Waals surface area contributed by atoms with Crippen molar-refractivity contribution in [3.05, 3.63) is 34.1 Å². The summed E-state index contributed by atoms with van der Waals surface area (Å²) in [6, 6.07) is 4.06. The van der Waals surface area contributed by atoms with Crippen LogP contribution in [0, 0.1) is 21.8 Å². The summed E-state index contributed by atoms with van der Waals surface area (Å²) >= 11 is 0. The molecule has 2 atom stereocenters. The summed E-state index contributed by atoms with van der Waals surface area (Å²) in [5.41, 5.74) is -0.166. The Bertz CT molecular complexity index is 437. The molecule has 1 aliphatic carbocycles. The first-order valence-corrected chi connectivity index (χ1v) is 5.79. The second kappa shape index (κ2) is 4.69. The third kappa shape index (κ3) is 2.38. The molecule has 0 aliphatic heterocycles. The van der Waals surface area contributed by atoms with Crippen molar-refractivity contribution in [2.24, 2.45) is 5.92 Å². The molecule has 0 aromatic heterocycles. The Morgan fingerprint density at radius 3 is 2.82 bits per heavy atom. The zero-order valence-electron chi connectivity index (χ0n) is 9.65. The Morgan fingerprint density at radius 2 is 2.24 bits per heavy atom. The molecule has 92 valence electrons. The normalized spacial score (nSPS) is 23.6. The highest BCUT2D eigenvalue weighted by Gasteiger charge is 2.27. The molecule has 1 N–H and O–H groups in total. The maximum atomic E-state index is 13.6. The van der Waals surface area contributed by atoms with E-state index in [1.165, 1.54) is 18.2 Å². The number of hydrogen-bond donors (Lipinski definition) is 1. The number of hydrogen-bond acceptors (Lipinski definition) is 3. The number of para-hydroxylation sites is 1. The zero-order valence-corrected chi connectivity index (χ0v) is 9.65. The minimum atomic E-state index is -0.557. The summed E-state index contributed by atoms with van der Waals surface area (Å²) in [6.07, 6.45) is 3.10. The summed E-state index contributed by atoms with van der Waals surface area (Å²) in [4.78, 5) is 10.3. The highest BCUT2D eigenvalue weighted by atomic mass is 19.1. The van der Waals surface area contributed by atoms with Gasteiger partial charge in [0.15, 0.2) is 5.82 Å². The van der Waals surface area contributed by atoms with E-state index in [1.54, 1.807) is 0 Å². The molecule has 5 heteroatoms. The second-order valence-corrected chi connectivity index (χ2v) is 4.55. The van der Waals surface area contributed by atoms with E-state index in [0.29, 0.717) is 5.92 Å². The van der Waals surface area contributed by atoms with Crippen molar-refractivity contribution in [1.29, 1.82) is 0 Å². The van der Waals surface area contributed by atoms with Crippen LogP contribution in [-0.4, -0.2) is 11.0 Å². The van der Waals surface area contributed by atoms with E-state index in [0.717, 1.165) is 19.3 Å². The third-order valence-electron chi connectivity index (χ3n) is 3.38. The van der Waals surface area contributed by atoms with Crippen molar-refractivity contribution in [1.82, 2.24) is 0 Å². The van der Waals surface area contributed by atoms with E-state index >= 15 is 0 Å². The quantitative estimate of drug-likeness (QED) is 0.649. The molecule has 1 aromatic rings. The van der Waals surface area contributed by atoms with Crippen LogP contribution in [0.4, 0.5) is 15.8 Å². The van der Waals surface area contributed by atoms with Gasteiger partial charge in [0.05, 0.1) is 4.92 Å². The van der Waals surface area contributed by atoms with Crippen molar-refractivity contribution < 1.29 is 9.31 Å². The molecule has 0 radical (unpaired) electrons. The number of nitrogens with one attached hydrogen (secondary N) is 1. The lowest BCUT2D eigenvalue weighted by molar-refractivity contribution is -0.384. The van der Waals surface area contributed by atoms with E-state index in [2.05, 4.69) is 12.2 Å². The van der Waals surface area contributed by atoms with Crippen molar-refractivity contribution in [3.63, 3.8) is 0 Å². The maximum absolute atomic E-state index is 13.6. The first-order chi connectivity index (χ1) is 8.09. The molecule has 0 heterocycles. The minimum Gasteiger partial charge on any atom is -0.374 e. The van der Waals surface area contributed by atoms with Crippen LogP contribution in [0.15, 0.2) is 18.2 Å². The number of halogens is 1. The van der Waals surface area contributed by atoms with E-state index in [1.807, 2.05) is 0 Å². The van der Waals surface area contributed by atoms with Crippen LogP contribution in [0.1, 0.15) is 26.2 Å². The lowest BCUT2D eigenvalue weighted by Gasteiger charge is -2.18. The molecular weight excluding hydrogens is 223 g/mol. The first-order valence-electron chi connectivity index (χ1n) is 5.79. The van der Waals surface area contributed by atoms with Gasteiger partial charge in [-0.25, -0.2) is 4.39 Å². The number of nitrogens with zero attached hydrogens (tertiary/aromatic N) is 1. The molecule has 1 aliphatic rings. The average Bonchev–Trinajstić information content (AvgIpc) is 2.67. The molecule has 17 heavy (non-hydrogen) atoms. The lowest BCUT2D eigenvalue weighted by Crippen LogP contribution is -2.23. The molecule has 0 amide bonds. The molecule has 0 bridgehead atoms. The molecule has 0 spiro atoms. The van der Waals surface area contributed by atoms with Crippen LogP contribution >= 0.6 is 0 Å². The summed E-state index contributed by atoms with van der Waals surface area (Å²) < 4.78 is 13.6. The Morgan fingerprint density at radius 1 is 1.47 bits per heavy atom. The van der Waals surface area contributed by atoms with E-state index in [9.17, 15) is 14.5 Å². The molecule has 0 saturated heterocycles. The third-order valence-corrected chi connectivity index (χ3v) is 3.38. The summed E-state index contributed by atoms with van der Waals surface area (Å²) in [5.74, 6) is -0.132. The predicted octanol–water partition coefficient (Wildman–Crippen LogP) is 3.33. The highest BCUT2D eigenvalue weighted by Crippen LogP contribution is 2.33. The van der Waals surface area contributed by atoms with Gasteiger partial charge in [-0.1, -0.05) is 19.4 Å². The smallest absolute Gasteiger partial charge is 0.295 e. The summed E-state index contributed by atoms with van der Waals surface area (Å²) in [5, 5.41) is 13.8. The Kier molecular flexibility index (Phi) is 3.26. The fourth-order valence-electron chi connectivity index (χ4n) is 2.35. The second-order valence-electron chi connectivity index (χ2n) is 4.55. The van der Waals surface area contributed by atoms with Gasteiger partial charge in [-0.2, -0.15) is 0 Å². The number of benzene rings is 1. The Labute approximate surface area is 99.0 Å². The summed E-state index contributed by atoms with van der Waals surface area (Å²) in [6.45, 7) is 2.08. The fourth-order valence-corrected chi connectivity index (χ4v) is 2.35. The number of nitro benzene ring substituents is 1. The van der Waals surface area contributed by atoms with Gasteiger partial charge in [-0.3, -0.25) is 10.1 Å². The van der Waals surface area contributed by atoms with Gasteiger partial charge >= 0.3 is 0 Å². The standard InChI is InChI=1S/C12H15FN2O2/c1-8-4-2-6-10(8)14-12-9(13)5-3-7-11(12)15(16)17/h3,5,7-8,10,14H,2,4,6H2,1H3. The van der Waals surface area contributed by atoms with E-state index < -0.39 is 10.7 Å². The van der Waals surface area contributed by atoms with Crippen LogP contribution in [0.5, 0.6) is 0 Å². The van der Waals surface area contributed by atoms with Crippen molar-refractivity contribution in [2.75, 3.05) is 5.32 Å². The Hall–Kier alpha value is -1.65. The molecule has 1 saturated carbocycles. The monoisotopic (exact) mass is 238 g/mol.